The van der Waals surface area contributed by atoms with E-state index in [2.05, 4.69) is 0 Å². The van der Waals surface area contributed by atoms with Gasteiger partial charge in [0.05, 0.1) is 11.5 Å². The Balaban J connectivity index is 2.18. The molecule has 2 N–H and O–H groups in total. The summed E-state index contributed by atoms with van der Waals surface area (Å²) in [7, 11) is 1.53. The van der Waals surface area contributed by atoms with Crippen LogP contribution < -0.4 is 0 Å². The summed E-state index contributed by atoms with van der Waals surface area (Å²) >= 11 is 0. The summed E-state index contributed by atoms with van der Waals surface area (Å²) in [5.74, 6) is -2.13. The molecule has 1 atom stereocenters. The molecule has 2 aromatic rings. The number of aliphatic carboxylic acids is 1. The minimum Gasteiger partial charge on any atom is -0.507 e. The fourth-order valence-corrected chi connectivity index (χ4v) is 2.47. The van der Waals surface area contributed by atoms with Crippen LogP contribution in [0.2, 0.25) is 0 Å². The summed E-state index contributed by atoms with van der Waals surface area (Å²) in [6, 6.07) is 14.8. The van der Waals surface area contributed by atoms with Crippen LogP contribution in [0.4, 0.5) is 0 Å². The average Bonchev–Trinajstić information content (AvgIpc) is 2.56. The van der Waals surface area contributed by atoms with Crippen molar-refractivity contribution in [1.29, 1.82) is 0 Å². The molecule has 0 aliphatic carbocycles. The molecule has 0 aromatic heterocycles. The highest BCUT2D eigenvalue weighted by Gasteiger charge is 2.21. The maximum absolute atomic E-state index is 12.5. The number of carboxylic acid groups (broad SMARTS) is 1. The molecule has 0 fully saturated rings. The number of rotatable bonds is 6. The number of carbonyl (C=O) groups excluding carboxylic acids is 1. The average molecular weight is 327 g/mol. The van der Waals surface area contributed by atoms with Crippen molar-refractivity contribution in [3.8, 4) is 5.75 Å². The van der Waals surface area contributed by atoms with Gasteiger partial charge in [-0.15, -0.1) is 0 Å². The molecule has 5 nitrogen and oxygen atoms in total. The van der Waals surface area contributed by atoms with E-state index in [1.807, 2.05) is 30.3 Å². The van der Waals surface area contributed by atoms with E-state index < -0.39 is 17.8 Å². The molecule has 0 heterocycles. The zero-order valence-corrected chi connectivity index (χ0v) is 13.8. The van der Waals surface area contributed by atoms with Crippen molar-refractivity contribution in [3.63, 3.8) is 0 Å². The molecule has 0 saturated heterocycles. The third-order valence-electron chi connectivity index (χ3n) is 3.86. The van der Waals surface area contributed by atoms with Crippen LogP contribution >= 0.6 is 0 Å². The third kappa shape index (κ3) is 4.35. The lowest BCUT2D eigenvalue weighted by molar-refractivity contribution is -0.141. The maximum Gasteiger partial charge on any atom is 0.308 e. The van der Waals surface area contributed by atoms with Crippen LogP contribution in [0.3, 0.4) is 0 Å². The summed E-state index contributed by atoms with van der Waals surface area (Å²) in [5.41, 5.74) is 2.19. The molecule has 0 spiro atoms. The van der Waals surface area contributed by atoms with Crippen molar-refractivity contribution < 1.29 is 19.8 Å². The van der Waals surface area contributed by atoms with E-state index in [0.717, 1.165) is 11.1 Å². The van der Waals surface area contributed by atoms with Crippen molar-refractivity contribution in [2.24, 2.45) is 5.92 Å². The minimum absolute atomic E-state index is 0.0799. The molecule has 1 unspecified atom stereocenters. The Hall–Kier alpha value is -2.82. The molecule has 0 aliphatic heterocycles. The van der Waals surface area contributed by atoms with Crippen molar-refractivity contribution in [3.05, 3.63) is 65.2 Å². The summed E-state index contributed by atoms with van der Waals surface area (Å²) in [4.78, 5) is 24.8. The maximum atomic E-state index is 12.5. The smallest absolute Gasteiger partial charge is 0.308 e. The zero-order chi connectivity index (χ0) is 17.7. The number of nitrogens with zero attached hydrogens (tertiary/aromatic N) is 1. The molecule has 0 saturated carbocycles. The van der Waals surface area contributed by atoms with Gasteiger partial charge in [0.2, 0.25) is 0 Å². The molecular weight excluding hydrogens is 306 g/mol. The number of hydrogen-bond donors (Lipinski definition) is 2. The van der Waals surface area contributed by atoms with Gasteiger partial charge >= 0.3 is 5.97 Å². The number of amides is 1. The van der Waals surface area contributed by atoms with E-state index in [-0.39, 0.29) is 17.9 Å². The summed E-state index contributed by atoms with van der Waals surface area (Å²) < 4.78 is 0. The highest BCUT2D eigenvalue weighted by molar-refractivity contribution is 5.97. The lowest BCUT2D eigenvalue weighted by atomic mass is 10.0. The predicted molar refractivity (Wildman–Crippen MR) is 91.1 cm³/mol. The SMILES string of the molecule is CC(CN(C)C(=O)c1cc(Cc2ccccc2)ccc1O)C(=O)O. The van der Waals surface area contributed by atoms with Gasteiger partial charge in [-0.2, -0.15) is 0 Å². The first-order valence-corrected chi connectivity index (χ1v) is 7.72. The van der Waals surface area contributed by atoms with Crippen LogP contribution in [0.1, 0.15) is 28.4 Å². The van der Waals surface area contributed by atoms with E-state index in [1.54, 1.807) is 12.1 Å². The van der Waals surface area contributed by atoms with Crippen molar-refractivity contribution in [1.82, 2.24) is 4.90 Å². The molecule has 2 aromatic carbocycles. The first-order valence-electron chi connectivity index (χ1n) is 7.72. The number of hydrogen-bond acceptors (Lipinski definition) is 3. The largest absolute Gasteiger partial charge is 0.507 e. The lowest BCUT2D eigenvalue weighted by Gasteiger charge is -2.20. The summed E-state index contributed by atoms with van der Waals surface area (Å²) in [6.07, 6.45) is 0.649. The van der Waals surface area contributed by atoms with Crippen LogP contribution in [-0.4, -0.2) is 40.6 Å². The molecule has 24 heavy (non-hydrogen) atoms. The second-order valence-corrected chi connectivity index (χ2v) is 5.94. The number of carbonyl (C=O) groups is 2. The van der Waals surface area contributed by atoms with Crippen LogP contribution in [0, 0.1) is 5.92 Å². The van der Waals surface area contributed by atoms with E-state index in [1.165, 1.54) is 24.9 Å². The summed E-state index contributed by atoms with van der Waals surface area (Å²) in [5, 5.41) is 19.0. The van der Waals surface area contributed by atoms with Gasteiger partial charge in [-0.05, 0) is 29.7 Å². The molecule has 2 rings (SSSR count). The zero-order valence-electron chi connectivity index (χ0n) is 13.8. The number of phenolic OH excluding ortho intramolecular Hbond substituents is 1. The van der Waals surface area contributed by atoms with Gasteiger partial charge < -0.3 is 15.1 Å². The molecule has 5 heteroatoms. The Bertz CT molecular complexity index is 727. The number of phenols is 1. The Kier molecular flexibility index (Phi) is 5.58. The normalized spacial score (nSPS) is 11.8. The fourth-order valence-electron chi connectivity index (χ4n) is 2.47. The first kappa shape index (κ1) is 17.5. The van der Waals surface area contributed by atoms with Gasteiger partial charge in [0.15, 0.2) is 0 Å². The molecule has 0 bridgehead atoms. The standard InChI is InChI=1S/C19H21NO4/c1-13(19(23)24)12-20(2)18(22)16-11-15(8-9-17(16)21)10-14-6-4-3-5-7-14/h3-9,11,13,21H,10,12H2,1-2H3,(H,23,24). The molecule has 1 amide bonds. The fraction of sp³-hybridized carbons (Fsp3) is 0.263. The predicted octanol–water partition coefficient (Wildman–Crippen LogP) is 2.78. The Morgan fingerprint density at radius 1 is 1.08 bits per heavy atom. The van der Waals surface area contributed by atoms with Gasteiger partial charge in [-0.1, -0.05) is 43.3 Å². The number of aromatic hydroxyl groups is 1. The second kappa shape index (κ2) is 7.64. The van der Waals surface area contributed by atoms with Crippen molar-refractivity contribution in [2.45, 2.75) is 13.3 Å². The summed E-state index contributed by atoms with van der Waals surface area (Å²) in [6.45, 7) is 1.62. The minimum atomic E-state index is -0.961. The highest BCUT2D eigenvalue weighted by Crippen LogP contribution is 2.22. The topological polar surface area (TPSA) is 77.8 Å². The Labute approximate surface area is 141 Å². The number of benzene rings is 2. The van der Waals surface area contributed by atoms with Crippen LogP contribution in [0.5, 0.6) is 5.75 Å². The van der Waals surface area contributed by atoms with E-state index in [9.17, 15) is 14.7 Å². The lowest BCUT2D eigenvalue weighted by Crippen LogP contribution is -2.33. The van der Waals surface area contributed by atoms with Gasteiger partial charge in [0.25, 0.3) is 5.91 Å². The van der Waals surface area contributed by atoms with E-state index in [4.69, 9.17) is 5.11 Å². The molecule has 0 aliphatic rings. The first-order chi connectivity index (χ1) is 11.4. The number of carboxylic acids is 1. The highest BCUT2D eigenvalue weighted by atomic mass is 16.4. The van der Waals surface area contributed by atoms with E-state index in [0.29, 0.717) is 6.42 Å². The van der Waals surface area contributed by atoms with Crippen molar-refractivity contribution in [2.75, 3.05) is 13.6 Å². The third-order valence-corrected chi connectivity index (χ3v) is 3.86. The van der Waals surface area contributed by atoms with Gasteiger partial charge in [-0.3, -0.25) is 9.59 Å². The van der Waals surface area contributed by atoms with Gasteiger partial charge in [-0.25, -0.2) is 0 Å². The Morgan fingerprint density at radius 2 is 1.75 bits per heavy atom. The second-order valence-electron chi connectivity index (χ2n) is 5.94. The molecule has 126 valence electrons. The van der Waals surface area contributed by atoms with Crippen molar-refractivity contribution >= 4 is 11.9 Å². The monoisotopic (exact) mass is 327 g/mol. The van der Waals surface area contributed by atoms with Crippen LogP contribution in [0.15, 0.2) is 48.5 Å². The molecule has 0 radical (unpaired) electrons. The van der Waals surface area contributed by atoms with Crippen LogP contribution in [-0.2, 0) is 11.2 Å². The van der Waals surface area contributed by atoms with Crippen LogP contribution in [0.25, 0.3) is 0 Å². The van der Waals surface area contributed by atoms with E-state index >= 15 is 0 Å². The van der Waals surface area contributed by atoms with Gasteiger partial charge in [0, 0.05) is 13.6 Å². The quantitative estimate of drug-likeness (QED) is 0.855. The molecular formula is C19H21NO4. The Morgan fingerprint density at radius 3 is 2.38 bits per heavy atom. The van der Waals surface area contributed by atoms with Gasteiger partial charge in [0.1, 0.15) is 5.75 Å².